The van der Waals surface area contributed by atoms with E-state index >= 15 is 0 Å². The van der Waals surface area contributed by atoms with Crippen LogP contribution in [0.25, 0.3) is 17.2 Å². The van der Waals surface area contributed by atoms with Gasteiger partial charge >= 0.3 is 5.97 Å². The molecule has 32 heavy (non-hydrogen) atoms. The number of pyridine rings is 1. The summed E-state index contributed by atoms with van der Waals surface area (Å²) in [6.45, 7) is 10.0. The average Bonchev–Trinajstić information content (AvgIpc) is 2.64. The number of nitrogens with zero attached hydrogens (tertiary/aromatic N) is 1. The molecule has 2 atom stereocenters. The second-order valence-corrected chi connectivity index (χ2v) is 11.4. The number of carboxylic acids is 1. The maximum atomic E-state index is 13.5. The van der Waals surface area contributed by atoms with Gasteiger partial charge in [0.1, 0.15) is 5.82 Å². The van der Waals surface area contributed by atoms with Crippen molar-refractivity contribution >= 4 is 19.4 Å². The molecule has 0 spiro atoms. The van der Waals surface area contributed by atoms with Crippen LogP contribution >= 0.6 is 7.37 Å². The first-order valence-corrected chi connectivity index (χ1v) is 12.3. The van der Waals surface area contributed by atoms with Gasteiger partial charge in [-0.3, -0.25) is 14.3 Å². The van der Waals surface area contributed by atoms with Gasteiger partial charge in [0.2, 0.25) is 7.37 Å². The highest BCUT2D eigenvalue weighted by Gasteiger charge is 2.24. The monoisotopic (exact) mass is 463 g/mol. The zero-order chi connectivity index (χ0) is 24.3. The van der Waals surface area contributed by atoms with Gasteiger partial charge in [0.15, 0.2) is 0 Å². The molecule has 0 fully saturated rings. The number of hydrogen-bond donors (Lipinski definition) is 3. The summed E-state index contributed by atoms with van der Waals surface area (Å²) in [5.74, 6) is -0.506. The first-order chi connectivity index (χ1) is 14.7. The van der Waals surface area contributed by atoms with E-state index in [0.29, 0.717) is 5.56 Å². The largest absolute Gasteiger partial charge is 0.481 e. The van der Waals surface area contributed by atoms with Gasteiger partial charge in [0.05, 0.1) is 24.4 Å². The molecule has 0 radical (unpaired) electrons. The van der Waals surface area contributed by atoms with E-state index in [4.69, 9.17) is 10.1 Å². The first-order valence-electron chi connectivity index (χ1n) is 10.4. The lowest BCUT2D eigenvalue weighted by molar-refractivity contribution is -0.138. The molecule has 0 aliphatic carbocycles. The van der Waals surface area contributed by atoms with Gasteiger partial charge in [-0.25, -0.2) is 4.39 Å². The molecule has 0 amide bonds. The predicted molar refractivity (Wildman–Crippen MR) is 124 cm³/mol. The second kappa shape index (κ2) is 10.1. The molecule has 0 aliphatic rings. The third-order valence-electron chi connectivity index (χ3n) is 4.92. The number of rotatable bonds is 8. The summed E-state index contributed by atoms with van der Waals surface area (Å²) in [6, 6.07) is 7.91. The van der Waals surface area contributed by atoms with Crippen LogP contribution in [0.5, 0.6) is 0 Å². The number of hydrogen-bond acceptors (Lipinski definition) is 4. The average molecular weight is 463 g/mol. The van der Waals surface area contributed by atoms with Gasteiger partial charge in [-0.15, -0.1) is 0 Å². The summed E-state index contributed by atoms with van der Waals surface area (Å²) in [5.41, 5.74) is 3.41. The fourth-order valence-electron chi connectivity index (χ4n) is 3.26. The fraction of sp³-hybridized carbons (Fsp3) is 0.417. The van der Waals surface area contributed by atoms with Crippen LogP contribution in [-0.2, 0) is 14.8 Å². The number of halogens is 1. The van der Waals surface area contributed by atoms with Crippen molar-refractivity contribution in [1.29, 1.82) is 0 Å². The molecule has 1 heterocycles. The van der Waals surface area contributed by atoms with Crippen molar-refractivity contribution in [2.45, 2.75) is 58.5 Å². The summed E-state index contributed by atoms with van der Waals surface area (Å²) in [4.78, 5) is 25.9. The van der Waals surface area contributed by atoms with E-state index in [0.717, 1.165) is 28.3 Å². The lowest BCUT2D eigenvalue weighted by Crippen LogP contribution is -2.17. The molecule has 0 saturated heterocycles. The van der Waals surface area contributed by atoms with E-state index in [2.05, 4.69) is 0 Å². The molecule has 2 aromatic rings. The molecular weight excluding hydrogens is 432 g/mol. The molecule has 174 valence electrons. The first kappa shape index (κ1) is 25.9. The highest BCUT2D eigenvalue weighted by atomic mass is 31.2. The van der Waals surface area contributed by atoms with Gasteiger partial charge < -0.3 is 15.1 Å². The third kappa shape index (κ3) is 7.09. The van der Waals surface area contributed by atoms with Crippen molar-refractivity contribution in [1.82, 2.24) is 4.98 Å². The summed E-state index contributed by atoms with van der Waals surface area (Å²) in [6.07, 6.45) is -1.11. The number of aliphatic hydroxyl groups excluding tert-OH is 1. The highest BCUT2D eigenvalue weighted by molar-refractivity contribution is 7.61. The zero-order valence-electron chi connectivity index (χ0n) is 19.0. The normalized spacial score (nSPS) is 15.2. The Kier molecular flexibility index (Phi) is 8.16. The summed E-state index contributed by atoms with van der Waals surface area (Å²) in [7, 11) is -3.97. The van der Waals surface area contributed by atoms with Crippen LogP contribution in [0, 0.1) is 5.82 Å². The van der Waals surface area contributed by atoms with Crippen LogP contribution in [0.1, 0.15) is 63.9 Å². The molecule has 0 saturated carbocycles. The lowest BCUT2D eigenvalue weighted by Gasteiger charge is -2.23. The van der Waals surface area contributed by atoms with Crippen molar-refractivity contribution < 1.29 is 28.9 Å². The topological polar surface area (TPSA) is 108 Å². The molecule has 8 heteroatoms. The van der Waals surface area contributed by atoms with Gasteiger partial charge in [-0.2, -0.15) is 0 Å². The summed E-state index contributed by atoms with van der Waals surface area (Å²) >= 11 is 0. The van der Waals surface area contributed by atoms with Gasteiger partial charge in [-0.1, -0.05) is 46.8 Å². The Hall–Kier alpha value is -2.34. The van der Waals surface area contributed by atoms with Gasteiger partial charge in [-0.05, 0) is 41.3 Å². The molecule has 3 N–H and O–H groups in total. The molecule has 1 aromatic heterocycles. The minimum Gasteiger partial charge on any atom is -0.481 e. The maximum absolute atomic E-state index is 13.5. The van der Waals surface area contributed by atoms with E-state index in [1.54, 1.807) is 12.1 Å². The summed E-state index contributed by atoms with van der Waals surface area (Å²) in [5, 5.41) is 18.6. The van der Waals surface area contributed by atoms with E-state index in [-0.39, 0.29) is 17.2 Å². The van der Waals surface area contributed by atoms with Crippen molar-refractivity contribution in [3.05, 3.63) is 58.9 Å². The number of aliphatic hydroxyl groups is 1. The van der Waals surface area contributed by atoms with Crippen molar-refractivity contribution in [2.24, 2.45) is 0 Å². The molecule has 2 rings (SSSR count). The number of aliphatic carboxylic acids is 1. The SMILES string of the molecule is CC(C)c1nc(C(C)(C)C)cc(-c2ccc(F)cc2)c1/C=C/P(=O)(O)C[C@@H](O)CC(=O)O. The fourth-order valence-corrected chi connectivity index (χ4v) is 4.50. The zero-order valence-corrected chi connectivity index (χ0v) is 19.9. The quantitative estimate of drug-likeness (QED) is 0.454. The van der Waals surface area contributed by atoms with E-state index in [1.165, 1.54) is 18.2 Å². The maximum Gasteiger partial charge on any atom is 0.305 e. The second-order valence-electron chi connectivity index (χ2n) is 9.27. The number of benzene rings is 1. The van der Waals surface area contributed by atoms with Crippen LogP contribution in [0.3, 0.4) is 0 Å². The molecule has 6 nitrogen and oxygen atoms in total. The Bertz CT molecular complexity index is 1040. The Labute approximate surface area is 188 Å². The van der Waals surface area contributed by atoms with Crippen LogP contribution < -0.4 is 0 Å². The smallest absolute Gasteiger partial charge is 0.305 e. The lowest BCUT2D eigenvalue weighted by atomic mass is 9.86. The van der Waals surface area contributed by atoms with Gasteiger partial charge in [0.25, 0.3) is 0 Å². The molecule has 1 unspecified atom stereocenters. The molecular formula is C24H31FNO5P. The number of carbonyl (C=O) groups is 1. The van der Waals surface area contributed by atoms with Crippen molar-refractivity contribution in [3.63, 3.8) is 0 Å². The van der Waals surface area contributed by atoms with Crippen molar-refractivity contribution in [2.75, 3.05) is 6.16 Å². The minimum absolute atomic E-state index is 0.00757. The van der Waals surface area contributed by atoms with E-state index in [9.17, 15) is 23.7 Å². The Balaban J connectivity index is 2.63. The van der Waals surface area contributed by atoms with Gasteiger partial charge in [0, 0.05) is 22.5 Å². The van der Waals surface area contributed by atoms with Crippen LogP contribution in [0.4, 0.5) is 4.39 Å². The standard InChI is InChI=1S/C24H31FNO5P/c1-15(2)23-19(10-11-32(30,31)14-18(27)12-22(28)29)20(13-21(26-23)24(3,4)5)16-6-8-17(25)9-7-16/h6-11,13,15,18,27H,12,14H2,1-5H3,(H,28,29)(H,30,31)/b11-10+/t18-/m0/s1. The Morgan fingerprint density at radius 1 is 1.22 bits per heavy atom. The molecule has 1 aromatic carbocycles. The Morgan fingerprint density at radius 2 is 1.81 bits per heavy atom. The van der Waals surface area contributed by atoms with Crippen molar-refractivity contribution in [3.8, 4) is 11.1 Å². The Morgan fingerprint density at radius 3 is 2.31 bits per heavy atom. The number of carboxylic acid groups (broad SMARTS) is 1. The molecule has 0 bridgehead atoms. The third-order valence-corrected chi connectivity index (χ3v) is 6.47. The van der Waals surface area contributed by atoms with Crippen LogP contribution in [0.15, 0.2) is 36.1 Å². The van der Waals surface area contributed by atoms with Crippen LogP contribution in [0.2, 0.25) is 0 Å². The van der Waals surface area contributed by atoms with E-state index < -0.39 is 32.0 Å². The number of aromatic nitrogens is 1. The predicted octanol–water partition coefficient (Wildman–Crippen LogP) is 5.39. The highest BCUT2D eigenvalue weighted by Crippen LogP contribution is 2.45. The minimum atomic E-state index is -3.97. The molecule has 0 aliphatic heterocycles. The van der Waals surface area contributed by atoms with Crippen LogP contribution in [-0.4, -0.2) is 38.3 Å². The van der Waals surface area contributed by atoms with E-state index in [1.807, 2.05) is 40.7 Å². The summed E-state index contributed by atoms with van der Waals surface area (Å²) < 4.78 is 26.2.